The smallest absolute Gasteiger partial charge is 0.258 e. The number of rotatable bonds is 15. The minimum absolute atomic E-state index is 0.0936. The van der Waals surface area contributed by atoms with Crippen LogP contribution >= 0.6 is 22.9 Å². The van der Waals surface area contributed by atoms with Gasteiger partial charge >= 0.3 is 0 Å². The lowest BCUT2D eigenvalue weighted by molar-refractivity contribution is -0.137. The summed E-state index contributed by atoms with van der Waals surface area (Å²) in [5, 5.41) is 18.5. The van der Waals surface area contributed by atoms with Crippen LogP contribution in [-0.2, 0) is 30.5 Å². The van der Waals surface area contributed by atoms with Gasteiger partial charge in [0.15, 0.2) is 12.4 Å². The Morgan fingerprint density at radius 1 is 0.965 bits per heavy atom. The van der Waals surface area contributed by atoms with Crippen LogP contribution in [0.3, 0.4) is 0 Å². The van der Waals surface area contributed by atoms with Crippen molar-refractivity contribution in [3.8, 4) is 10.8 Å². The van der Waals surface area contributed by atoms with Gasteiger partial charge in [-0.3, -0.25) is 38.8 Å². The molecule has 5 heterocycles. The molecule has 1 saturated heterocycles. The van der Waals surface area contributed by atoms with Crippen LogP contribution in [0.5, 0.6) is 5.75 Å². The molecule has 15 nitrogen and oxygen atoms in total. The Morgan fingerprint density at radius 2 is 1.70 bits per heavy atom. The number of nitrogens with one attached hydrogen (secondary N) is 3. The summed E-state index contributed by atoms with van der Waals surface area (Å²) in [5.41, 5.74) is 4.84. The zero-order valence-corrected chi connectivity index (χ0v) is 33.4. The molecular formula is C40H43ClN8O7S. The van der Waals surface area contributed by atoms with Crippen molar-refractivity contribution in [2.75, 3.05) is 32.9 Å². The number of aliphatic imine (C=N–C) groups is 1. The molecule has 4 aromatic rings. The number of carbonyl (C=O) groups excluding carboxylic acids is 5. The third-order valence-electron chi connectivity index (χ3n) is 10.2. The molecule has 0 radical (unpaired) electrons. The van der Waals surface area contributed by atoms with Gasteiger partial charge < -0.3 is 25.0 Å². The minimum Gasteiger partial charge on any atom is -0.483 e. The van der Waals surface area contributed by atoms with Crippen molar-refractivity contribution in [2.45, 2.75) is 71.5 Å². The number of ether oxygens (including phenoxy) is 2. The van der Waals surface area contributed by atoms with E-state index in [0.717, 1.165) is 33.2 Å². The number of fused-ring (bicyclic) bond motifs is 4. The normalized spacial score (nSPS) is 17.3. The summed E-state index contributed by atoms with van der Waals surface area (Å²) in [6, 6.07) is 11.4. The average Bonchev–Trinajstić information content (AvgIpc) is 3.80. The lowest BCUT2D eigenvalue weighted by Gasteiger charge is -2.29. The molecule has 1 unspecified atom stereocenters. The predicted molar refractivity (Wildman–Crippen MR) is 212 cm³/mol. The summed E-state index contributed by atoms with van der Waals surface area (Å²) in [6.07, 6.45) is 1.69. The van der Waals surface area contributed by atoms with Crippen LogP contribution in [0, 0.1) is 20.8 Å². The summed E-state index contributed by atoms with van der Waals surface area (Å²) in [7, 11) is 0. The molecule has 0 aliphatic carbocycles. The second-order valence-corrected chi connectivity index (χ2v) is 15.7. The van der Waals surface area contributed by atoms with Gasteiger partial charge in [0.1, 0.15) is 28.7 Å². The first-order valence-corrected chi connectivity index (χ1v) is 20.1. The molecule has 2 aromatic carbocycles. The highest BCUT2D eigenvalue weighted by molar-refractivity contribution is 7.15. The molecule has 2 aromatic heterocycles. The van der Waals surface area contributed by atoms with Crippen molar-refractivity contribution < 1.29 is 33.4 Å². The lowest BCUT2D eigenvalue weighted by Crippen LogP contribution is -2.52. The molecule has 0 bridgehead atoms. The van der Waals surface area contributed by atoms with E-state index in [1.807, 2.05) is 35.8 Å². The van der Waals surface area contributed by atoms with E-state index < -0.39 is 18.0 Å². The Hall–Kier alpha value is -5.45. The number of carbonyl (C=O) groups is 5. The number of imide groups is 1. The van der Waals surface area contributed by atoms with E-state index >= 15 is 0 Å². The molecule has 1 fully saturated rings. The summed E-state index contributed by atoms with van der Waals surface area (Å²) < 4.78 is 13.5. The second kappa shape index (κ2) is 17.4. The van der Waals surface area contributed by atoms with E-state index in [1.54, 1.807) is 29.5 Å². The maximum Gasteiger partial charge on any atom is 0.258 e. The average molecular weight is 815 g/mol. The topological polar surface area (TPSA) is 186 Å². The Kier molecular flexibility index (Phi) is 12.1. The third-order valence-corrected chi connectivity index (χ3v) is 11.6. The van der Waals surface area contributed by atoms with Crippen LogP contribution in [0.15, 0.2) is 47.5 Å². The highest BCUT2D eigenvalue weighted by Crippen LogP contribution is 2.40. The SMILES string of the molecule is Cc1sc2c(c1C)C(c1ccc(Cl)cc1)=N[C@@H](CC(=O)NCCCOCCCNC(=O)COc1cccc3c1C(=O)N(C1CCC(=O)NC1=O)C3)c1nnc(C)n1-2. The standard InChI is InChI=1S/C40H43ClN8O7S/c1-22-23(2)57-40-34(22)36(25-9-11-27(41)12-10-25)44-28(37-47-46-24(3)49(37)40)19-32(51)42-15-5-17-55-18-6-16-43-33(52)21-56-30-8-4-7-26-20-48(39(54)35(26)30)29-13-14-31(50)45-38(29)53/h4,7-12,28-29H,5-6,13-21H2,1-3H3,(H,42,51)(H,43,52)(H,45,50,53)/t28-,29?/m0/s1. The van der Waals surface area contributed by atoms with Crippen molar-refractivity contribution in [1.29, 1.82) is 0 Å². The fourth-order valence-corrected chi connectivity index (χ4v) is 8.52. The van der Waals surface area contributed by atoms with E-state index in [2.05, 4.69) is 40.0 Å². The van der Waals surface area contributed by atoms with E-state index in [4.69, 9.17) is 26.1 Å². The van der Waals surface area contributed by atoms with Crippen LogP contribution in [-0.4, -0.2) is 93.9 Å². The zero-order chi connectivity index (χ0) is 40.2. The van der Waals surface area contributed by atoms with Crippen LogP contribution in [0.2, 0.25) is 5.02 Å². The van der Waals surface area contributed by atoms with E-state index in [1.165, 1.54) is 9.78 Å². The fourth-order valence-electron chi connectivity index (χ4n) is 7.18. The second-order valence-electron chi connectivity index (χ2n) is 14.1. The van der Waals surface area contributed by atoms with Crippen molar-refractivity contribution in [3.63, 3.8) is 0 Å². The number of thiophene rings is 1. The molecule has 3 N–H and O–H groups in total. The van der Waals surface area contributed by atoms with E-state index in [0.29, 0.717) is 61.1 Å². The number of benzene rings is 2. The molecule has 298 valence electrons. The van der Waals surface area contributed by atoms with Gasteiger partial charge in [0.25, 0.3) is 11.8 Å². The van der Waals surface area contributed by atoms with Gasteiger partial charge in [-0.1, -0.05) is 35.9 Å². The predicted octanol–water partition coefficient (Wildman–Crippen LogP) is 4.06. The molecule has 5 amide bonds. The molecule has 17 heteroatoms. The summed E-state index contributed by atoms with van der Waals surface area (Å²) >= 11 is 7.87. The zero-order valence-electron chi connectivity index (χ0n) is 31.9. The number of hydrogen-bond acceptors (Lipinski definition) is 11. The molecule has 3 aliphatic rings. The number of halogens is 1. The van der Waals surface area contributed by atoms with Gasteiger partial charge in [0.2, 0.25) is 17.7 Å². The van der Waals surface area contributed by atoms with Gasteiger partial charge in [-0.2, -0.15) is 0 Å². The van der Waals surface area contributed by atoms with Crippen LogP contribution in [0.1, 0.15) is 87.3 Å². The number of nitrogens with zero attached hydrogens (tertiary/aromatic N) is 5. The first kappa shape index (κ1) is 39.8. The van der Waals surface area contributed by atoms with Crippen molar-refractivity contribution in [1.82, 2.24) is 35.6 Å². The quantitative estimate of drug-likeness (QED) is 0.118. The number of amides is 5. The third kappa shape index (κ3) is 8.62. The van der Waals surface area contributed by atoms with Crippen LogP contribution in [0.25, 0.3) is 5.00 Å². The van der Waals surface area contributed by atoms with Crippen molar-refractivity contribution in [3.05, 3.63) is 91.8 Å². The maximum absolute atomic E-state index is 13.2. The monoisotopic (exact) mass is 814 g/mol. The van der Waals surface area contributed by atoms with Gasteiger partial charge in [-0.25, -0.2) is 0 Å². The van der Waals surface area contributed by atoms with Crippen molar-refractivity contribution in [2.24, 2.45) is 4.99 Å². The largest absolute Gasteiger partial charge is 0.483 e. The first-order valence-electron chi connectivity index (χ1n) is 18.9. The lowest BCUT2D eigenvalue weighted by atomic mass is 9.99. The molecule has 3 aliphatic heterocycles. The molecule has 7 rings (SSSR count). The van der Waals surface area contributed by atoms with E-state index in [9.17, 15) is 24.0 Å². The first-order chi connectivity index (χ1) is 27.5. The fraction of sp³-hybridized carbons (Fsp3) is 0.400. The van der Waals surface area contributed by atoms with E-state index in [-0.39, 0.29) is 61.8 Å². The Bertz CT molecular complexity index is 2250. The summed E-state index contributed by atoms with van der Waals surface area (Å²) in [4.78, 5) is 70.7. The summed E-state index contributed by atoms with van der Waals surface area (Å²) in [5.74, 6) is -0.108. The highest BCUT2D eigenvalue weighted by atomic mass is 35.5. The van der Waals surface area contributed by atoms with Gasteiger partial charge in [0.05, 0.1) is 17.7 Å². The van der Waals surface area contributed by atoms with Crippen LogP contribution in [0.4, 0.5) is 0 Å². The molecule has 2 atom stereocenters. The Balaban J connectivity index is 0.826. The van der Waals surface area contributed by atoms with Gasteiger partial charge in [-0.15, -0.1) is 21.5 Å². The molecular weight excluding hydrogens is 772 g/mol. The number of piperidine rings is 1. The van der Waals surface area contributed by atoms with Gasteiger partial charge in [0, 0.05) is 60.3 Å². The summed E-state index contributed by atoms with van der Waals surface area (Å²) in [6.45, 7) is 7.63. The highest BCUT2D eigenvalue weighted by Gasteiger charge is 2.40. The Labute approximate surface area is 338 Å². The molecule has 57 heavy (non-hydrogen) atoms. The molecule has 0 saturated carbocycles. The van der Waals surface area contributed by atoms with Crippen LogP contribution < -0.4 is 20.7 Å². The number of hydrogen-bond donors (Lipinski definition) is 3. The van der Waals surface area contributed by atoms with Crippen molar-refractivity contribution >= 4 is 58.2 Å². The van der Waals surface area contributed by atoms with Gasteiger partial charge in [-0.05, 0) is 69.4 Å². The maximum atomic E-state index is 13.2. The number of aryl methyl sites for hydroxylation is 2. The number of aromatic nitrogens is 3. The minimum atomic E-state index is -0.735. The Morgan fingerprint density at radius 3 is 2.44 bits per heavy atom. The molecule has 0 spiro atoms.